The molecule has 20 heteroatoms. The van der Waals surface area contributed by atoms with Crippen LogP contribution in [-0.2, 0) is 9.59 Å². The zero-order valence-corrected chi connectivity index (χ0v) is 29.5. The van der Waals surface area contributed by atoms with Gasteiger partial charge in [0.1, 0.15) is 11.5 Å². The normalized spacial score (nSPS) is 22.9. The van der Waals surface area contributed by atoms with Gasteiger partial charge in [0.25, 0.3) is 11.8 Å². The smallest absolute Gasteiger partial charge is 0.410 e. The van der Waals surface area contributed by atoms with E-state index in [1.165, 1.54) is 28.1 Å². The van der Waals surface area contributed by atoms with Crippen molar-refractivity contribution in [1.29, 1.82) is 0 Å². The van der Waals surface area contributed by atoms with E-state index in [1.54, 1.807) is 0 Å². The topological polar surface area (TPSA) is 122 Å². The number of ether oxygens (including phenoxy) is 3. The summed E-state index contributed by atoms with van der Waals surface area (Å²) in [6, 6.07) is 5.35. The van der Waals surface area contributed by atoms with Crippen molar-refractivity contribution in [2.45, 2.75) is 81.7 Å². The molecule has 0 spiro atoms. The summed E-state index contributed by atoms with van der Waals surface area (Å²) in [4.78, 5) is 57.1. The first-order valence-corrected chi connectivity index (χ1v) is 17.5. The number of pyridine rings is 1. The quantitative estimate of drug-likeness (QED) is 0.305. The molecule has 2 aromatic rings. The summed E-state index contributed by atoms with van der Waals surface area (Å²) >= 11 is 5.70. The van der Waals surface area contributed by atoms with Gasteiger partial charge in [0.05, 0.1) is 30.2 Å². The molecule has 4 fully saturated rings. The molecule has 2 atom stereocenters. The third-order valence-corrected chi connectivity index (χ3v) is 9.27. The summed E-state index contributed by atoms with van der Waals surface area (Å²) in [6.45, 7) is -0.870. The molecule has 4 saturated heterocycles. The lowest BCUT2D eigenvalue weighted by atomic mass is 9.98. The van der Waals surface area contributed by atoms with Crippen LogP contribution in [0, 0.1) is 0 Å². The van der Waals surface area contributed by atoms with Crippen molar-refractivity contribution in [2.24, 2.45) is 0 Å². The second-order valence-electron chi connectivity index (χ2n) is 13.3. The van der Waals surface area contributed by atoms with Crippen molar-refractivity contribution in [3.8, 4) is 17.4 Å². The first-order valence-electron chi connectivity index (χ1n) is 17.1. The van der Waals surface area contributed by atoms with Gasteiger partial charge in [0.15, 0.2) is 0 Å². The molecule has 0 aliphatic carbocycles. The summed E-state index contributed by atoms with van der Waals surface area (Å²) < 4.78 is 107. The molecule has 6 rings (SSSR count). The lowest BCUT2D eigenvalue weighted by Crippen LogP contribution is -2.59. The second-order valence-corrected chi connectivity index (χ2v) is 13.8. The van der Waals surface area contributed by atoms with Crippen LogP contribution in [0.5, 0.6) is 17.4 Å². The van der Waals surface area contributed by atoms with Crippen molar-refractivity contribution >= 4 is 35.6 Å². The summed E-state index contributed by atoms with van der Waals surface area (Å²) in [5, 5.41) is 0.368. The average Bonchev–Trinajstić information content (AvgIpc) is 3.09. The molecule has 0 bridgehead atoms. The lowest BCUT2D eigenvalue weighted by molar-refractivity contribution is -0.274. The Bertz CT molecular complexity index is 1650. The molecular weight excluding hydrogens is 759 g/mol. The highest BCUT2D eigenvalue weighted by atomic mass is 35.5. The molecule has 0 N–H and O–H groups in total. The van der Waals surface area contributed by atoms with E-state index in [2.05, 4.69) is 9.72 Å². The number of halogens is 8. The lowest BCUT2D eigenvalue weighted by Gasteiger charge is -2.43. The highest BCUT2D eigenvalue weighted by molar-refractivity contribution is 6.30. The standard InChI is InChI=1S/C18H19F5N2O4.C16H18ClF2N3O3/c19-17(20)9-12(25-8-2-1-3-15(25)26)10-24(11-17)16(27)28-13-4-6-14(7-5-13)29-18(21,22)23;17-11-4-5-13(20-8-11)25-15(24)21-9-12(7-16(18,19)10-21)22-6-2-1-3-14(22)23/h4-7,12H,1-3,8-11H2;4-5,8,12H,1-3,6-7,9-10H2/t2*12-/m11/s1. The molecule has 4 amide bonds. The first-order chi connectivity index (χ1) is 25.4. The maximum Gasteiger partial charge on any atom is 0.573 e. The van der Waals surface area contributed by atoms with Crippen LogP contribution in [0.2, 0.25) is 5.02 Å². The number of carbonyl (C=O) groups is 4. The Labute approximate surface area is 310 Å². The summed E-state index contributed by atoms with van der Waals surface area (Å²) in [5.41, 5.74) is 0. The van der Waals surface area contributed by atoms with Gasteiger partial charge < -0.3 is 24.0 Å². The van der Waals surface area contributed by atoms with Crippen LogP contribution < -0.4 is 14.2 Å². The number of alkyl halides is 7. The number of aromatic nitrogens is 1. The summed E-state index contributed by atoms with van der Waals surface area (Å²) in [6.07, 6.45) is -2.90. The number of hydrogen-bond donors (Lipinski definition) is 0. The molecule has 4 aliphatic heterocycles. The van der Waals surface area contributed by atoms with Gasteiger partial charge in [-0.1, -0.05) is 11.6 Å². The van der Waals surface area contributed by atoms with Gasteiger partial charge in [-0.25, -0.2) is 32.1 Å². The maximum absolute atomic E-state index is 14.2. The average molecular weight is 796 g/mol. The molecule has 0 radical (unpaired) electrons. The number of piperidine rings is 4. The number of carbonyl (C=O) groups excluding carboxylic acids is 4. The highest BCUT2D eigenvalue weighted by Crippen LogP contribution is 2.33. The van der Waals surface area contributed by atoms with Crippen molar-refractivity contribution in [3.05, 3.63) is 47.6 Å². The second kappa shape index (κ2) is 16.9. The van der Waals surface area contributed by atoms with E-state index in [0.29, 0.717) is 43.8 Å². The maximum atomic E-state index is 14.2. The molecule has 1 aromatic carbocycles. The fourth-order valence-corrected chi connectivity index (χ4v) is 6.83. The number of rotatable bonds is 5. The minimum absolute atomic E-state index is 0.0195. The van der Waals surface area contributed by atoms with Crippen molar-refractivity contribution in [2.75, 3.05) is 39.3 Å². The Balaban J connectivity index is 0.000000210. The largest absolute Gasteiger partial charge is 0.573 e. The number of benzene rings is 1. The van der Waals surface area contributed by atoms with Crippen LogP contribution in [-0.4, -0.2) is 118 Å². The van der Waals surface area contributed by atoms with Gasteiger partial charge in [-0.05, 0) is 56.0 Å². The monoisotopic (exact) mass is 795 g/mol. The molecule has 1 aromatic heterocycles. The van der Waals surface area contributed by atoms with E-state index in [0.717, 1.165) is 46.9 Å². The zero-order chi connectivity index (χ0) is 39.3. The SMILES string of the molecule is O=C(Oc1ccc(Cl)cn1)N1C[C@H](N2CCCCC2=O)CC(F)(F)C1.O=C(Oc1ccc(OC(F)(F)F)cc1)N1C[C@H](N2CCCCC2=O)CC(F)(F)C1. The number of nitrogens with zero attached hydrogens (tertiary/aromatic N) is 5. The molecule has 296 valence electrons. The molecule has 5 heterocycles. The van der Waals surface area contributed by atoms with Crippen LogP contribution >= 0.6 is 11.6 Å². The molecule has 54 heavy (non-hydrogen) atoms. The van der Waals surface area contributed by atoms with Gasteiger partial charge in [0.2, 0.25) is 17.7 Å². The van der Waals surface area contributed by atoms with Gasteiger partial charge in [-0.15, -0.1) is 13.2 Å². The predicted octanol–water partition coefficient (Wildman–Crippen LogP) is 6.76. The van der Waals surface area contributed by atoms with Crippen molar-refractivity contribution < 1.29 is 64.1 Å². The van der Waals surface area contributed by atoms with Crippen LogP contribution in [0.15, 0.2) is 42.6 Å². The Morgan fingerprint density at radius 2 is 1.20 bits per heavy atom. The van der Waals surface area contributed by atoms with E-state index in [1.807, 2.05) is 0 Å². The minimum atomic E-state index is -4.86. The van der Waals surface area contributed by atoms with E-state index < -0.39 is 74.2 Å². The third kappa shape index (κ3) is 11.5. The summed E-state index contributed by atoms with van der Waals surface area (Å²) in [7, 11) is 0. The predicted molar refractivity (Wildman–Crippen MR) is 175 cm³/mol. The zero-order valence-electron chi connectivity index (χ0n) is 28.7. The summed E-state index contributed by atoms with van der Waals surface area (Å²) in [5.74, 6) is -7.27. The Hall–Kier alpha value is -4.55. The van der Waals surface area contributed by atoms with E-state index in [4.69, 9.17) is 21.1 Å². The van der Waals surface area contributed by atoms with Crippen molar-refractivity contribution in [3.63, 3.8) is 0 Å². The Kier molecular flexibility index (Phi) is 12.7. The molecule has 0 saturated carbocycles. The van der Waals surface area contributed by atoms with Crippen molar-refractivity contribution in [1.82, 2.24) is 24.6 Å². The number of amides is 4. The fraction of sp³-hybridized carbons (Fsp3) is 0.559. The van der Waals surface area contributed by atoms with Gasteiger partial charge in [-0.2, -0.15) is 0 Å². The van der Waals surface area contributed by atoms with Crippen LogP contribution in [0.25, 0.3) is 0 Å². The fourth-order valence-electron chi connectivity index (χ4n) is 6.72. The molecule has 4 aliphatic rings. The first kappa shape index (κ1) is 40.6. The van der Waals surface area contributed by atoms with E-state index in [-0.39, 0.29) is 36.5 Å². The number of hydrogen-bond acceptors (Lipinski definition) is 8. The molecular formula is C34H37ClF7N5O7. The van der Waals surface area contributed by atoms with E-state index in [9.17, 15) is 49.9 Å². The van der Waals surface area contributed by atoms with Gasteiger partial charge in [0, 0.05) is 64.1 Å². The van der Waals surface area contributed by atoms with E-state index >= 15 is 0 Å². The number of likely N-dealkylation sites (tertiary alicyclic amines) is 4. The van der Waals surface area contributed by atoms with Gasteiger partial charge >= 0.3 is 18.5 Å². The third-order valence-electron chi connectivity index (χ3n) is 9.05. The van der Waals surface area contributed by atoms with Gasteiger partial charge in [-0.3, -0.25) is 19.4 Å². The molecule has 0 unspecified atom stereocenters. The molecule has 12 nitrogen and oxygen atoms in total. The minimum Gasteiger partial charge on any atom is -0.410 e. The van der Waals surface area contributed by atoms with Crippen LogP contribution in [0.1, 0.15) is 51.4 Å². The Morgan fingerprint density at radius 1 is 0.722 bits per heavy atom. The Morgan fingerprint density at radius 3 is 1.65 bits per heavy atom. The highest BCUT2D eigenvalue weighted by Gasteiger charge is 2.47. The van der Waals surface area contributed by atoms with Crippen LogP contribution in [0.3, 0.4) is 0 Å². The van der Waals surface area contributed by atoms with Crippen LogP contribution in [0.4, 0.5) is 40.3 Å².